The fourth-order valence-corrected chi connectivity index (χ4v) is 2.60. The highest BCUT2D eigenvalue weighted by atomic mass is 31.2. The highest BCUT2D eigenvalue weighted by Gasteiger charge is 2.10. The van der Waals surface area contributed by atoms with Crippen LogP contribution in [0.3, 0.4) is 0 Å². The minimum atomic E-state index is -3.78. The Morgan fingerprint density at radius 1 is 0.789 bits per heavy atom. The third kappa shape index (κ3) is 17.5. The summed E-state index contributed by atoms with van der Waals surface area (Å²) in [7, 11) is -3.78. The lowest BCUT2D eigenvalue weighted by Crippen LogP contribution is -1.88. The SMILES string of the molecule is O=C=NCCCCCCCCCCCCP(=O)(O)O. The molecule has 0 radical (unpaired) electrons. The molecule has 0 saturated carbocycles. The average molecular weight is 291 g/mol. The van der Waals surface area contributed by atoms with Crippen molar-refractivity contribution in [3.8, 4) is 0 Å². The van der Waals surface area contributed by atoms with Gasteiger partial charge in [0.05, 0.1) is 6.54 Å². The zero-order valence-electron chi connectivity index (χ0n) is 11.6. The van der Waals surface area contributed by atoms with E-state index in [9.17, 15) is 9.36 Å². The van der Waals surface area contributed by atoms with Crippen molar-refractivity contribution < 1.29 is 19.1 Å². The van der Waals surface area contributed by atoms with Crippen molar-refractivity contribution in [2.45, 2.75) is 64.2 Å². The molecule has 0 aromatic carbocycles. The molecule has 0 saturated heterocycles. The largest absolute Gasteiger partial charge is 0.325 e. The molecule has 0 heterocycles. The van der Waals surface area contributed by atoms with Crippen LogP contribution in [0.4, 0.5) is 0 Å². The molecule has 19 heavy (non-hydrogen) atoms. The molecule has 0 aliphatic carbocycles. The molecule has 0 bridgehead atoms. The third-order valence-corrected chi connectivity index (χ3v) is 3.93. The van der Waals surface area contributed by atoms with Gasteiger partial charge in [-0.3, -0.25) is 4.57 Å². The topological polar surface area (TPSA) is 87.0 Å². The quantitative estimate of drug-likeness (QED) is 0.236. The summed E-state index contributed by atoms with van der Waals surface area (Å²) in [5, 5.41) is 0. The minimum absolute atomic E-state index is 0.0241. The van der Waals surface area contributed by atoms with Gasteiger partial charge in [0.15, 0.2) is 0 Å². The zero-order chi connectivity index (χ0) is 14.4. The van der Waals surface area contributed by atoms with Gasteiger partial charge in [-0.25, -0.2) is 9.79 Å². The molecule has 0 spiro atoms. The van der Waals surface area contributed by atoms with Crippen LogP contribution in [0.15, 0.2) is 4.99 Å². The van der Waals surface area contributed by atoms with Crippen molar-refractivity contribution in [1.29, 1.82) is 0 Å². The highest BCUT2D eigenvalue weighted by Crippen LogP contribution is 2.35. The van der Waals surface area contributed by atoms with Gasteiger partial charge in [-0.1, -0.05) is 51.4 Å². The third-order valence-electron chi connectivity index (χ3n) is 3.03. The summed E-state index contributed by atoms with van der Waals surface area (Å²) in [5.41, 5.74) is 0. The van der Waals surface area contributed by atoms with Crippen molar-refractivity contribution in [2.75, 3.05) is 12.7 Å². The maximum atomic E-state index is 10.6. The number of unbranched alkanes of at least 4 members (excludes halogenated alkanes) is 9. The molecule has 0 unspecified atom stereocenters. The second-order valence-corrected chi connectivity index (χ2v) is 6.67. The first kappa shape index (κ1) is 18.5. The van der Waals surface area contributed by atoms with E-state index in [4.69, 9.17) is 9.79 Å². The lowest BCUT2D eigenvalue weighted by Gasteiger charge is -2.04. The van der Waals surface area contributed by atoms with Crippen LogP contribution in [-0.4, -0.2) is 28.6 Å². The van der Waals surface area contributed by atoms with Crippen LogP contribution in [0.2, 0.25) is 0 Å². The van der Waals surface area contributed by atoms with Gasteiger partial charge in [0.1, 0.15) is 0 Å². The van der Waals surface area contributed by atoms with Gasteiger partial charge in [0.2, 0.25) is 6.08 Å². The molecule has 6 heteroatoms. The number of hydrogen-bond donors (Lipinski definition) is 2. The van der Waals surface area contributed by atoms with E-state index in [-0.39, 0.29) is 6.16 Å². The Hall–Kier alpha value is -0.470. The predicted octanol–water partition coefficient (Wildman–Crippen LogP) is 3.40. The van der Waals surface area contributed by atoms with Gasteiger partial charge in [0.25, 0.3) is 0 Å². The molecule has 112 valence electrons. The predicted molar refractivity (Wildman–Crippen MR) is 76.1 cm³/mol. The maximum absolute atomic E-state index is 10.6. The van der Waals surface area contributed by atoms with Crippen molar-refractivity contribution in [1.82, 2.24) is 0 Å². The van der Waals surface area contributed by atoms with E-state index in [1.165, 1.54) is 31.8 Å². The standard InChI is InChI=1S/C13H26NO4P/c15-13-14-11-9-7-5-3-1-2-4-6-8-10-12-19(16,17)18/h1-12H2,(H2,16,17,18). The molecule has 0 aromatic rings. The summed E-state index contributed by atoms with van der Waals surface area (Å²) < 4.78 is 10.6. The van der Waals surface area contributed by atoms with Gasteiger partial charge in [-0.2, -0.15) is 0 Å². The van der Waals surface area contributed by atoms with Gasteiger partial charge in [0, 0.05) is 6.16 Å². The minimum Gasteiger partial charge on any atom is -0.324 e. The van der Waals surface area contributed by atoms with Crippen molar-refractivity contribution >= 4 is 13.7 Å². The molecule has 0 atom stereocenters. The Kier molecular flexibility index (Phi) is 12.2. The van der Waals surface area contributed by atoms with Gasteiger partial charge < -0.3 is 9.79 Å². The average Bonchev–Trinajstić information content (AvgIpc) is 2.34. The van der Waals surface area contributed by atoms with E-state index < -0.39 is 7.60 Å². The first-order valence-electron chi connectivity index (χ1n) is 7.14. The van der Waals surface area contributed by atoms with Gasteiger partial charge in [-0.05, 0) is 12.8 Å². The molecule has 0 rings (SSSR count). The smallest absolute Gasteiger partial charge is 0.324 e. The molecular weight excluding hydrogens is 265 g/mol. The van der Waals surface area contributed by atoms with Crippen LogP contribution in [0.5, 0.6) is 0 Å². The molecule has 0 aliphatic rings. The summed E-state index contributed by atoms with van der Waals surface area (Å²) in [5.74, 6) is 0. The van der Waals surface area contributed by atoms with Crippen molar-refractivity contribution in [3.63, 3.8) is 0 Å². The van der Waals surface area contributed by atoms with E-state index in [0.29, 0.717) is 13.0 Å². The Bertz CT molecular complexity index is 297. The molecule has 0 aromatic heterocycles. The fourth-order valence-electron chi connectivity index (χ4n) is 1.97. The van der Waals surface area contributed by atoms with Crippen LogP contribution in [0, 0.1) is 0 Å². The van der Waals surface area contributed by atoms with Crippen molar-refractivity contribution in [2.24, 2.45) is 4.99 Å². The highest BCUT2D eigenvalue weighted by molar-refractivity contribution is 7.51. The van der Waals surface area contributed by atoms with E-state index in [1.807, 2.05) is 0 Å². The summed E-state index contributed by atoms with van der Waals surface area (Å²) in [4.78, 5) is 30.7. The zero-order valence-corrected chi connectivity index (χ0v) is 12.5. The fraction of sp³-hybridized carbons (Fsp3) is 0.923. The second-order valence-electron chi connectivity index (χ2n) is 4.90. The lowest BCUT2D eigenvalue weighted by molar-refractivity contribution is 0.370. The number of hydrogen-bond acceptors (Lipinski definition) is 3. The molecule has 0 amide bonds. The summed E-state index contributed by atoms with van der Waals surface area (Å²) in [6, 6.07) is 0. The van der Waals surface area contributed by atoms with Crippen LogP contribution in [0.1, 0.15) is 64.2 Å². The molecule has 0 aliphatic heterocycles. The summed E-state index contributed by atoms with van der Waals surface area (Å²) in [6.07, 6.45) is 12.2. The Morgan fingerprint density at radius 2 is 1.21 bits per heavy atom. The molecule has 5 nitrogen and oxygen atoms in total. The van der Waals surface area contributed by atoms with E-state index in [2.05, 4.69) is 4.99 Å². The normalized spacial score (nSPS) is 11.3. The maximum Gasteiger partial charge on any atom is 0.325 e. The summed E-state index contributed by atoms with van der Waals surface area (Å²) >= 11 is 0. The number of rotatable bonds is 13. The van der Waals surface area contributed by atoms with Crippen LogP contribution < -0.4 is 0 Å². The summed E-state index contributed by atoms with van der Waals surface area (Å²) in [6.45, 7) is 0.600. The van der Waals surface area contributed by atoms with Crippen LogP contribution in [-0.2, 0) is 9.36 Å². The van der Waals surface area contributed by atoms with Gasteiger partial charge in [-0.15, -0.1) is 0 Å². The molecule has 0 fully saturated rings. The van der Waals surface area contributed by atoms with Crippen molar-refractivity contribution in [3.05, 3.63) is 0 Å². The van der Waals surface area contributed by atoms with Gasteiger partial charge >= 0.3 is 7.60 Å². The van der Waals surface area contributed by atoms with Crippen LogP contribution >= 0.6 is 7.60 Å². The lowest BCUT2D eigenvalue weighted by atomic mass is 10.1. The van der Waals surface area contributed by atoms with Crippen LogP contribution in [0.25, 0.3) is 0 Å². The van der Waals surface area contributed by atoms with E-state index >= 15 is 0 Å². The monoisotopic (exact) mass is 291 g/mol. The van der Waals surface area contributed by atoms with E-state index in [0.717, 1.165) is 32.1 Å². The second kappa shape index (κ2) is 12.6. The number of aliphatic imine (C=N–C) groups is 1. The number of nitrogens with zero attached hydrogens (tertiary/aromatic N) is 1. The Morgan fingerprint density at radius 3 is 1.63 bits per heavy atom. The number of carbonyl (C=O) groups excluding carboxylic acids is 1. The first-order valence-corrected chi connectivity index (χ1v) is 8.94. The Balaban J connectivity index is 3.07. The first-order chi connectivity index (χ1) is 9.06. The molecular formula is C13H26NO4P. The Labute approximate surface area is 115 Å². The number of isocyanates is 1. The van der Waals surface area contributed by atoms with E-state index in [1.54, 1.807) is 0 Å². The molecule has 2 N–H and O–H groups in total.